The van der Waals surface area contributed by atoms with E-state index < -0.39 is 12.1 Å². The summed E-state index contributed by atoms with van der Waals surface area (Å²) in [5, 5.41) is 8.54. The largest absolute Gasteiger partial charge is 0.482 e. The number of rotatable bonds is 8. The number of carbonyl (C=O) groups is 2. The van der Waals surface area contributed by atoms with Crippen LogP contribution in [0.25, 0.3) is 0 Å². The van der Waals surface area contributed by atoms with Gasteiger partial charge < -0.3 is 14.4 Å². The fourth-order valence-electron chi connectivity index (χ4n) is 2.45. The van der Waals surface area contributed by atoms with Crippen LogP contribution in [0.3, 0.4) is 0 Å². The lowest BCUT2D eigenvalue weighted by atomic mass is 9.98. The Morgan fingerprint density at radius 3 is 2.52 bits per heavy atom. The molecule has 1 amide bonds. The summed E-state index contributed by atoms with van der Waals surface area (Å²) in [6.45, 7) is 7.77. The Hall–Kier alpha value is -2.55. The van der Waals surface area contributed by atoms with Crippen LogP contribution in [-0.2, 0) is 14.3 Å². The second-order valence-electron chi connectivity index (χ2n) is 6.26. The first kappa shape index (κ1) is 20.5. The van der Waals surface area contributed by atoms with Gasteiger partial charge in [-0.15, -0.1) is 0 Å². The van der Waals surface area contributed by atoms with Crippen molar-refractivity contribution in [2.75, 3.05) is 20.2 Å². The molecule has 6 nitrogen and oxygen atoms in total. The number of ether oxygens (including phenoxy) is 2. The van der Waals surface area contributed by atoms with Crippen molar-refractivity contribution in [2.24, 2.45) is 0 Å². The summed E-state index contributed by atoms with van der Waals surface area (Å²) in [5.41, 5.74) is 2.33. The van der Waals surface area contributed by atoms with Crippen molar-refractivity contribution in [3.63, 3.8) is 0 Å². The molecule has 0 N–H and O–H groups in total. The van der Waals surface area contributed by atoms with E-state index in [0.29, 0.717) is 18.2 Å². The van der Waals surface area contributed by atoms with E-state index in [2.05, 4.69) is 13.8 Å². The number of aryl methyl sites for hydroxylation is 1. The molecule has 0 radical (unpaired) electrons. The van der Waals surface area contributed by atoms with E-state index in [9.17, 15) is 9.59 Å². The quantitative estimate of drug-likeness (QED) is 0.676. The highest BCUT2D eigenvalue weighted by atomic mass is 16.6. The summed E-state index contributed by atoms with van der Waals surface area (Å²) in [4.78, 5) is 25.2. The molecule has 1 aromatic rings. The van der Waals surface area contributed by atoms with Gasteiger partial charge in [0.2, 0.25) is 0 Å². The minimum atomic E-state index is -0.912. The van der Waals surface area contributed by atoms with E-state index in [-0.39, 0.29) is 18.9 Å². The standard InChI is InChI=1S/C19H26N2O4/c1-13(2)17-8-7-16(11-14(17)3)24-12-18(22)25-15(4)19(23)21(5)10-6-9-20/h7-8,11,13,15H,6,10,12H2,1-5H3/t15-/m1/s1. The zero-order valence-electron chi connectivity index (χ0n) is 15.5. The SMILES string of the molecule is Cc1cc(OCC(=O)O[C@H](C)C(=O)N(C)CCC#N)ccc1C(C)C. The fourth-order valence-corrected chi connectivity index (χ4v) is 2.45. The van der Waals surface area contributed by atoms with E-state index in [1.807, 2.05) is 31.2 Å². The average molecular weight is 346 g/mol. The van der Waals surface area contributed by atoms with Gasteiger partial charge in [-0.05, 0) is 43.0 Å². The molecule has 6 heteroatoms. The molecule has 0 heterocycles. The maximum atomic E-state index is 12.0. The number of carbonyl (C=O) groups excluding carboxylic acids is 2. The Labute approximate surface area is 149 Å². The summed E-state index contributed by atoms with van der Waals surface area (Å²) in [6.07, 6.45) is -0.678. The van der Waals surface area contributed by atoms with Crippen molar-refractivity contribution in [2.45, 2.75) is 46.1 Å². The lowest BCUT2D eigenvalue weighted by molar-refractivity contribution is -0.160. The molecule has 1 atom stereocenters. The molecule has 0 unspecified atom stereocenters. The molecular weight excluding hydrogens is 320 g/mol. The van der Waals surface area contributed by atoms with Gasteiger partial charge in [0.05, 0.1) is 12.5 Å². The summed E-state index contributed by atoms with van der Waals surface area (Å²) in [5.74, 6) is 0.0497. The summed E-state index contributed by atoms with van der Waals surface area (Å²) < 4.78 is 10.5. The van der Waals surface area contributed by atoms with Crippen LogP contribution < -0.4 is 4.74 Å². The third-order valence-corrected chi connectivity index (χ3v) is 3.81. The molecule has 0 aliphatic heterocycles. The lowest BCUT2D eigenvalue weighted by Gasteiger charge is -2.20. The van der Waals surface area contributed by atoms with Crippen LogP contribution >= 0.6 is 0 Å². The van der Waals surface area contributed by atoms with Gasteiger partial charge in [-0.25, -0.2) is 4.79 Å². The van der Waals surface area contributed by atoms with E-state index in [1.165, 1.54) is 17.4 Å². The second kappa shape index (κ2) is 9.67. The lowest BCUT2D eigenvalue weighted by Crippen LogP contribution is -2.38. The summed E-state index contributed by atoms with van der Waals surface area (Å²) in [7, 11) is 1.57. The summed E-state index contributed by atoms with van der Waals surface area (Å²) >= 11 is 0. The van der Waals surface area contributed by atoms with E-state index in [4.69, 9.17) is 14.7 Å². The highest BCUT2D eigenvalue weighted by molar-refractivity contribution is 5.83. The monoisotopic (exact) mass is 346 g/mol. The molecule has 1 rings (SSSR count). The van der Waals surface area contributed by atoms with Crippen molar-refractivity contribution >= 4 is 11.9 Å². The van der Waals surface area contributed by atoms with Gasteiger partial charge in [0, 0.05) is 13.6 Å². The van der Waals surface area contributed by atoms with E-state index >= 15 is 0 Å². The smallest absolute Gasteiger partial charge is 0.344 e. The zero-order valence-corrected chi connectivity index (χ0v) is 15.5. The van der Waals surface area contributed by atoms with Gasteiger partial charge >= 0.3 is 5.97 Å². The molecule has 0 bridgehead atoms. The Kier molecular flexibility index (Phi) is 7.93. The van der Waals surface area contributed by atoms with E-state index in [1.54, 1.807) is 7.05 Å². The Bertz CT molecular complexity index is 649. The average Bonchev–Trinajstić information content (AvgIpc) is 2.56. The molecule has 0 spiro atoms. The molecule has 0 saturated carbocycles. The van der Waals surface area contributed by atoms with Crippen LogP contribution in [0.5, 0.6) is 5.75 Å². The Balaban J connectivity index is 2.50. The molecule has 136 valence electrons. The topological polar surface area (TPSA) is 79.6 Å². The molecule has 25 heavy (non-hydrogen) atoms. The molecule has 0 aliphatic carbocycles. The Morgan fingerprint density at radius 1 is 1.28 bits per heavy atom. The van der Waals surface area contributed by atoms with Gasteiger partial charge in [-0.2, -0.15) is 5.26 Å². The van der Waals surface area contributed by atoms with Crippen LogP contribution in [0, 0.1) is 18.3 Å². The number of nitriles is 1. The van der Waals surface area contributed by atoms with Crippen LogP contribution in [0.2, 0.25) is 0 Å². The van der Waals surface area contributed by atoms with Crippen molar-refractivity contribution in [3.05, 3.63) is 29.3 Å². The minimum absolute atomic E-state index is 0.234. The predicted octanol–water partition coefficient (Wildman–Crippen LogP) is 2.80. The van der Waals surface area contributed by atoms with Gasteiger partial charge in [0.1, 0.15) is 5.75 Å². The number of benzene rings is 1. The summed E-state index contributed by atoms with van der Waals surface area (Å²) in [6, 6.07) is 7.65. The molecule has 0 fully saturated rings. The van der Waals surface area contributed by atoms with Crippen LogP contribution in [-0.4, -0.2) is 43.1 Å². The first-order valence-corrected chi connectivity index (χ1v) is 8.31. The third kappa shape index (κ3) is 6.46. The second-order valence-corrected chi connectivity index (χ2v) is 6.26. The van der Waals surface area contributed by atoms with E-state index in [0.717, 1.165) is 5.56 Å². The number of esters is 1. The third-order valence-electron chi connectivity index (χ3n) is 3.81. The van der Waals surface area contributed by atoms with Crippen molar-refractivity contribution in [3.8, 4) is 11.8 Å². The maximum Gasteiger partial charge on any atom is 0.344 e. The highest BCUT2D eigenvalue weighted by Gasteiger charge is 2.21. The fraction of sp³-hybridized carbons (Fsp3) is 0.526. The minimum Gasteiger partial charge on any atom is -0.482 e. The zero-order chi connectivity index (χ0) is 19.0. The first-order valence-electron chi connectivity index (χ1n) is 8.31. The van der Waals surface area contributed by atoms with Crippen molar-refractivity contribution < 1.29 is 19.1 Å². The predicted molar refractivity (Wildman–Crippen MR) is 94.2 cm³/mol. The highest BCUT2D eigenvalue weighted by Crippen LogP contribution is 2.23. The number of nitrogens with zero attached hydrogens (tertiary/aromatic N) is 2. The first-order chi connectivity index (χ1) is 11.8. The Morgan fingerprint density at radius 2 is 1.96 bits per heavy atom. The molecule has 0 aromatic heterocycles. The number of likely N-dealkylation sites (N-methyl/N-ethyl adjacent to an activating group) is 1. The van der Waals surface area contributed by atoms with Gasteiger partial charge in [0.15, 0.2) is 12.7 Å². The number of hydrogen-bond acceptors (Lipinski definition) is 5. The van der Waals surface area contributed by atoms with Gasteiger partial charge in [-0.3, -0.25) is 4.79 Å². The van der Waals surface area contributed by atoms with Crippen LogP contribution in [0.15, 0.2) is 18.2 Å². The van der Waals surface area contributed by atoms with Gasteiger partial charge in [0.25, 0.3) is 5.91 Å². The number of hydrogen-bond donors (Lipinski definition) is 0. The van der Waals surface area contributed by atoms with Crippen LogP contribution in [0.4, 0.5) is 0 Å². The van der Waals surface area contributed by atoms with Gasteiger partial charge in [-0.1, -0.05) is 19.9 Å². The maximum absolute atomic E-state index is 12.0. The normalized spacial score (nSPS) is 11.6. The molecule has 0 aliphatic rings. The van der Waals surface area contributed by atoms with Crippen molar-refractivity contribution in [1.29, 1.82) is 5.26 Å². The van der Waals surface area contributed by atoms with Crippen molar-refractivity contribution in [1.82, 2.24) is 4.90 Å². The molecular formula is C19H26N2O4. The molecule has 0 saturated heterocycles. The van der Waals surface area contributed by atoms with Crippen LogP contribution in [0.1, 0.15) is 44.2 Å². The number of amides is 1. The molecule has 1 aromatic carbocycles.